The molecule has 1 aliphatic rings. The second-order valence-electron chi connectivity index (χ2n) is 8.01. The molecule has 1 saturated heterocycles. The predicted molar refractivity (Wildman–Crippen MR) is 124 cm³/mol. The number of aromatic nitrogens is 1. The lowest BCUT2D eigenvalue weighted by atomic mass is 10.2. The molecule has 182 valence electrons. The quantitative estimate of drug-likeness (QED) is 0.479. The Bertz CT molecular complexity index is 1270. The largest absolute Gasteiger partial charge is 0.379 e. The zero-order valence-corrected chi connectivity index (χ0v) is 19.3. The summed E-state index contributed by atoms with van der Waals surface area (Å²) in [5, 5.41) is 3.74. The normalized spacial score (nSPS) is 15.0. The summed E-state index contributed by atoms with van der Waals surface area (Å²) in [6.07, 6.45) is 1.89. The SMILES string of the molecule is O=C(CCNS(=O)(=O)c1ccc(F)c(F)c1)Nc1ccc2c(ccn2CCN2CCOCC2)c1. The fourth-order valence-electron chi connectivity index (χ4n) is 3.80. The minimum Gasteiger partial charge on any atom is -0.379 e. The summed E-state index contributed by atoms with van der Waals surface area (Å²) < 4.78 is 60.5. The number of ether oxygens (including phenoxy) is 1. The molecule has 0 saturated carbocycles. The molecule has 1 amide bonds. The van der Waals surface area contributed by atoms with Crippen LogP contribution in [-0.2, 0) is 26.1 Å². The van der Waals surface area contributed by atoms with E-state index in [-0.39, 0.29) is 18.9 Å². The lowest BCUT2D eigenvalue weighted by molar-refractivity contribution is -0.116. The van der Waals surface area contributed by atoms with E-state index in [2.05, 4.69) is 19.5 Å². The van der Waals surface area contributed by atoms with Crippen molar-refractivity contribution in [3.8, 4) is 0 Å². The van der Waals surface area contributed by atoms with Crippen LogP contribution in [0.15, 0.2) is 53.6 Å². The maximum atomic E-state index is 13.3. The second kappa shape index (κ2) is 10.6. The highest BCUT2D eigenvalue weighted by Gasteiger charge is 2.17. The molecular formula is C23H26F2N4O4S. The molecule has 2 aromatic carbocycles. The number of morpholine rings is 1. The Hall–Kier alpha value is -2.86. The number of carbonyl (C=O) groups is 1. The van der Waals surface area contributed by atoms with Gasteiger partial charge in [0, 0.05) is 61.9 Å². The number of sulfonamides is 1. The van der Waals surface area contributed by atoms with E-state index in [0.29, 0.717) is 11.8 Å². The number of amides is 1. The summed E-state index contributed by atoms with van der Waals surface area (Å²) in [6, 6.07) is 9.89. The molecule has 0 unspecified atom stereocenters. The van der Waals surface area contributed by atoms with Gasteiger partial charge in [-0.1, -0.05) is 0 Å². The number of hydrogen-bond acceptors (Lipinski definition) is 5. The maximum Gasteiger partial charge on any atom is 0.240 e. The van der Waals surface area contributed by atoms with Gasteiger partial charge in [0.2, 0.25) is 15.9 Å². The van der Waals surface area contributed by atoms with E-state index in [1.54, 1.807) is 6.07 Å². The number of fused-ring (bicyclic) bond motifs is 1. The topological polar surface area (TPSA) is 92.7 Å². The molecule has 2 N–H and O–H groups in total. The third-order valence-electron chi connectivity index (χ3n) is 5.66. The first-order valence-corrected chi connectivity index (χ1v) is 12.4. The van der Waals surface area contributed by atoms with Gasteiger partial charge in [0.1, 0.15) is 0 Å². The van der Waals surface area contributed by atoms with E-state index in [4.69, 9.17) is 4.74 Å². The summed E-state index contributed by atoms with van der Waals surface area (Å²) in [4.78, 5) is 14.2. The highest BCUT2D eigenvalue weighted by Crippen LogP contribution is 2.21. The van der Waals surface area contributed by atoms with Gasteiger partial charge in [-0.15, -0.1) is 0 Å². The average molecular weight is 493 g/mol. The van der Waals surface area contributed by atoms with Crippen LogP contribution in [0.25, 0.3) is 10.9 Å². The van der Waals surface area contributed by atoms with Crippen LogP contribution in [0.4, 0.5) is 14.5 Å². The third-order valence-corrected chi connectivity index (χ3v) is 7.12. The van der Waals surface area contributed by atoms with Gasteiger partial charge in [-0.3, -0.25) is 9.69 Å². The molecule has 1 aromatic heterocycles. The van der Waals surface area contributed by atoms with E-state index < -0.39 is 26.6 Å². The maximum absolute atomic E-state index is 13.3. The number of nitrogens with one attached hydrogen (secondary N) is 2. The highest BCUT2D eigenvalue weighted by atomic mass is 32.2. The van der Waals surface area contributed by atoms with Crippen molar-refractivity contribution >= 4 is 32.5 Å². The van der Waals surface area contributed by atoms with Gasteiger partial charge in [0.05, 0.1) is 18.1 Å². The second-order valence-corrected chi connectivity index (χ2v) is 9.78. The van der Waals surface area contributed by atoms with Gasteiger partial charge in [0.25, 0.3) is 0 Å². The Kier molecular flexibility index (Phi) is 7.57. The van der Waals surface area contributed by atoms with E-state index >= 15 is 0 Å². The van der Waals surface area contributed by atoms with Crippen molar-refractivity contribution in [1.82, 2.24) is 14.2 Å². The predicted octanol–water partition coefficient (Wildman–Crippen LogP) is 2.56. The standard InChI is InChI=1S/C23H26F2N4O4S/c24-20-3-2-19(16-21(20)25)34(31,32)26-7-5-23(30)27-18-1-4-22-17(15-18)6-8-29(22)10-9-28-11-13-33-14-12-28/h1-4,6,8,15-16,26H,5,7,9-14H2,(H,27,30). The molecule has 2 heterocycles. The average Bonchev–Trinajstić information content (AvgIpc) is 3.22. The van der Waals surface area contributed by atoms with E-state index in [9.17, 15) is 22.0 Å². The lowest BCUT2D eigenvalue weighted by Crippen LogP contribution is -2.38. The van der Waals surface area contributed by atoms with Gasteiger partial charge >= 0.3 is 0 Å². The van der Waals surface area contributed by atoms with Crippen LogP contribution in [-0.4, -0.2) is 63.2 Å². The molecule has 0 radical (unpaired) electrons. The third kappa shape index (κ3) is 5.98. The van der Waals surface area contributed by atoms with Gasteiger partial charge < -0.3 is 14.6 Å². The molecule has 34 heavy (non-hydrogen) atoms. The Morgan fingerprint density at radius 1 is 1.00 bits per heavy atom. The summed E-state index contributed by atoms with van der Waals surface area (Å²) in [5.74, 6) is -2.77. The Labute approximate surface area is 196 Å². The lowest BCUT2D eigenvalue weighted by Gasteiger charge is -2.26. The van der Waals surface area contributed by atoms with Crippen molar-refractivity contribution in [3.63, 3.8) is 0 Å². The number of nitrogens with zero attached hydrogens (tertiary/aromatic N) is 2. The molecule has 3 aromatic rings. The Morgan fingerprint density at radius 3 is 2.56 bits per heavy atom. The summed E-state index contributed by atoms with van der Waals surface area (Å²) >= 11 is 0. The summed E-state index contributed by atoms with van der Waals surface area (Å²) in [5.41, 5.74) is 1.66. The van der Waals surface area contributed by atoms with Crippen molar-refractivity contribution < 1.29 is 26.7 Å². The number of halogens is 2. The minimum absolute atomic E-state index is 0.124. The molecular weight excluding hydrogens is 466 g/mol. The van der Waals surface area contributed by atoms with Crippen molar-refractivity contribution in [3.05, 3.63) is 60.3 Å². The first-order chi connectivity index (χ1) is 16.3. The first kappa shape index (κ1) is 24.3. The van der Waals surface area contributed by atoms with Crippen LogP contribution < -0.4 is 10.0 Å². The van der Waals surface area contributed by atoms with Crippen molar-refractivity contribution in [2.24, 2.45) is 0 Å². The Balaban J connectivity index is 1.29. The van der Waals surface area contributed by atoms with E-state index in [0.717, 1.165) is 62.4 Å². The van der Waals surface area contributed by atoms with Gasteiger partial charge in [-0.2, -0.15) is 0 Å². The van der Waals surface area contributed by atoms with E-state index in [1.165, 1.54) is 0 Å². The smallest absolute Gasteiger partial charge is 0.240 e. The summed E-state index contributed by atoms with van der Waals surface area (Å²) in [6.45, 7) is 5.01. The number of hydrogen-bond donors (Lipinski definition) is 2. The molecule has 11 heteroatoms. The fourth-order valence-corrected chi connectivity index (χ4v) is 4.84. The van der Waals surface area contributed by atoms with Crippen LogP contribution in [0.1, 0.15) is 6.42 Å². The van der Waals surface area contributed by atoms with Crippen LogP contribution in [0.3, 0.4) is 0 Å². The molecule has 0 spiro atoms. The zero-order chi connectivity index (χ0) is 24.1. The number of anilines is 1. The number of rotatable bonds is 9. The molecule has 0 bridgehead atoms. The van der Waals surface area contributed by atoms with Gasteiger partial charge in [0.15, 0.2) is 11.6 Å². The van der Waals surface area contributed by atoms with Crippen LogP contribution in [0.5, 0.6) is 0 Å². The number of carbonyl (C=O) groups excluding carboxylic acids is 1. The fraction of sp³-hybridized carbons (Fsp3) is 0.348. The molecule has 0 aliphatic carbocycles. The molecule has 0 atom stereocenters. The highest BCUT2D eigenvalue weighted by molar-refractivity contribution is 7.89. The van der Waals surface area contributed by atoms with Crippen molar-refractivity contribution in [2.75, 3.05) is 44.7 Å². The molecule has 4 rings (SSSR count). The minimum atomic E-state index is -4.06. The van der Waals surface area contributed by atoms with Crippen molar-refractivity contribution in [2.45, 2.75) is 17.9 Å². The van der Waals surface area contributed by atoms with Gasteiger partial charge in [-0.05, 0) is 42.5 Å². The Morgan fingerprint density at radius 2 is 1.79 bits per heavy atom. The van der Waals surface area contributed by atoms with E-state index in [1.807, 2.05) is 24.4 Å². The zero-order valence-electron chi connectivity index (χ0n) is 18.5. The molecule has 1 aliphatic heterocycles. The van der Waals surface area contributed by atoms with Crippen LogP contribution in [0.2, 0.25) is 0 Å². The van der Waals surface area contributed by atoms with Crippen LogP contribution in [0, 0.1) is 11.6 Å². The monoisotopic (exact) mass is 492 g/mol. The number of benzene rings is 2. The van der Waals surface area contributed by atoms with Crippen LogP contribution >= 0.6 is 0 Å². The summed E-state index contributed by atoms with van der Waals surface area (Å²) in [7, 11) is -4.06. The molecule has 1 fully saturated rings. The molecule has 8 nitrogen and oxygen atoms in total. The van der Waals surface area contributed by atoms with Gasteiger partial charge in [-0.25, -0.2) is 21.9 Å². The van der Waals surface area contributed by atoms with Crippen molar-refractivity contribution in [1.29, 1.82) is 0 Å². The first-order valence-electron chi connectivity index (χ1n) is 11.0.